The Morgan fingerprint density at radius 1 is 1.35 bits per heavy atom. The molecule has 0 saturated heterocycles. The second-order valence-electron chi connectivity index (χ2n) is 4.83. The van der Waals surface area contributed by atoms with Gasteiger partial charge in [-0.05, 0) is 33.8 Å². The van der Waals surface area contributed by atoms with E-state index in [1.54, 1.807) is 17.9 Å². The van der Waals surface area contributed by atoms with Crippen molar-refractivity contribution >= 4 is 16.9 Å². The molecule has 2 aromatic heterocycles. The number of nitrogens with one attached hydrogen (secondary N) is 1. The average molecular weight is 276 g/mol. The van der Waals surface area contributed by atoms with Crippen molar-refractivity contribution in [2.75, 3.05) is 13.1 Å². The molecule has 6 heteroatoms. The summed E-state index contributed by atoms with van der Waals surface area (Å²) in [6.45, 7) is 8.79. The molecule has 0 unspecified atom stereocenters. The second-order valence-corrected chi connectivity index (χ2v) is 4.83. The van der Waals surface area contributed by atoms with Gasteiger partial charge in [-0.15, -0.1) is 0 Å². The van der Waals surface area contributed by atoms with E-state index in [1.807, 2.05) is 20.8 Å². The number of fused-ring (bicyclic) bond motifs is 1. The van der Waals surface area contributed by atoms with Crippen LogP contribution < -0.4 is 5.56 Å². The molecule has 1 amide bonds. The van der Waals surface area contributed by atoms with Gasteiger partial charge in [0.05, 0.1) is 5.39 Å². The molecule has 0 fully saturated rings. The van der Waals surface area contributed by atoms with Crippen molar-refractivity contribution in [1.82, 2.24) is 19.4 Å². The Kier molecular flexibility index (Phi) is 3.92. The van der Waals surface area contributed by atoms with Crippen molar-refractivity contribution in [2.24, 2.45) is 0 Å². The van der Waals surface area contributed by atoms with Crippen LogP contribution in [0.3, 0.4) is 0 Å². The number of hydrogen-bond donors (Lipinski definition) is 1. The number of H-pyrrole nitrogens is 1. The maximum atomic E-state index is 12.4. The van der Waals surface area contributed by atoms with Crippen LogP contribution in [0.4, 0.5) is 0 Å². The fraction of sp³-hybridized carbons (Fsp3) is 0.500. The van der Waals surface area contributed by atoms with Crippen molar-refractivity contribution in [3.63, 3.8) is 0 Å². The molecule has 0 spiro atoms. The normalized spacial score (nSPS) is 11.0. The summed E-state index contributed by atoms with van der Waals surface area (Å²) >= 11 is 0. The van der Waals surface area contributed by atoms with Crippen molar-refractivity contribution < 1.29 is 4.79 Å². The van der Waals surface area contributed by atoms with Crippen LogP contribution in [0.2, 0.25) is 0 Å². The summed E-state index contributed by atoms with van der Waals surface area (Å²) < 4.78 is 1.44. The summed E-state index contributed by atoms with van der Waals surface area (Å²) in [7, 11) is 0. The van der Waals surface area contributed by atoms with Gasteiger partial charge in [0, 0.05) is 18.8 Å². The Bertz CT molecular complexity index is 695. The van der Waals surface area contributed by atoms with Crippen LogP contribution in [-0.2, 0) is 11.3 Å². The lowest BCUT2D eigenvalue weighted by molar-refractivity contribution is -0.131. The molecular formula is C14H20N4O2. The van der Waals surface area contributed by atoms with E-state index >= 15 is 0 Å². The molecule has 0 aliphatic rings. The first-order valence-electron chi connectivity index (χ1n) is 6.82. The molecule has 6 nitrogen and oxygen atoms in total. The molecule has 0 aromatic carbocycles. The molecule has 0 radical (unpaired) electrons. The number of nitrogens with zero attached hydrogens (tertiary/aromatic N) is 3. The van der Waals surface area contributed by atoms with Gasteiger partial charge in [0.15, 0.2) is 0 Å². The molecule has 2 aromatic rings. The summed E-state index contributed by atoms with van der Waals surface area (Å²) in [4.78, 5) is 33.7. The highest BCUT2D eigenvalue weighted by atomic mass is 16.2. The van der Waals surface area contributed by atoms with Gasteiger partial charge in [-0.3, -0.25) is 14.2 Å². The lowest BCUT2D eigenvalue weighted by atomic mass is 10.3. The zero-order chi connectivity index (χ0) is 14.9. The van der Waals surface area contributed by atoms with Gasteiger partial charge in [0.25, 0.3) is 5.56 Å². The minimum atomic E-state index is -0.169. The Morgan fingerprint density at radius 2 is 2.00 bits per heavy atom. The average Bonchev–Trinajstić information content (AvgIpc) is 2.76. The molecular weight excluding hydrogens is 256 g/mol. The minimum Gasteiger partial charge on any atom is -0.343 e. The van der Waals surface area contributed by atoms with Crippen LogP contribution in [-0.4, -0.2) is 38.4 Å². The fourth-order valence-electron chi connectivity index (χ4n) is 2.34. The standard InChI is InChI=1S/C14H20N4O2/c1-5-17(6-2)12(19)8-18-10(4)16-13-11(14(18)20)7-9(3)15-13/h7,15H,5-6,8H2,1-4H3. The number of rotatable bonds is 4. The maximum absolute atomic E-state index is 12.4. The van der Waals surface area contributed by atoms with Crippen LogP contribution in [0.1, 0.15) is 25.4 Å². The molecule has 0 atom stereocenters. The predicted octanol–water partition coefficient (Wildman–Crippen LogP) is 1.21. The summed E-state index contributed by atoms with van der Waals surface area (Å²) in [5.41, 5.74) is 1.30. The summed E-state index contributed by atoms with van der Waals surface area (Å²) in [6, 6.07) is 1.77. The van der Waals surface area contributed by atoms with Gasteiger partial charge < -0.3 is 9.88 Å². The van der Waals surface area contributed by atoms with Crippen LogP contribution in [0.5, 0.6) is 0 Å². The van der Waals surface area contributed by atoms with Gasteiger partial charge in [0.2, 0.25) is 5.91 Å². The largest absolute Gasteiger partial charge is 0.343 e. The molecule has 0 aliphatic carbocycles. The first-order valence-corrected chi connectivity index (χ1v) is 6.82. The number of aromatic amines is 1. The second kappa shape index (κ2) is 5.48. The highest BCUT2D eigenvalue weighted by Gasteiger charge is 2.15. The van der Waals surface area contributed by atoms with E-state index in [4.69, 9.17) is 0 Å². The van der Waals surface area contributed by atoms with Crippen molar-refractivity contribution in [3.8, 4) is 0 Å². The molecule has 2 heterocycles. The Labute approximate surface area is 117 Å². The zero-order valence-electron chi connectivity index (χ0n) is 12.4. The van der Waals surface area contributed by atoms with E-state index in [-0.39, 0.29) is 18.0 Å². The van der Waals surface area contributed by atoms with Crippen molar-refractivity contribution in [1.29, 1.82) is 0 Å². The lowest BCUT2D eigenvalue weighted by Crippen LogP contribution is -2.37. The number of aromatic nitrogens is 3. The number of aryl methyl sites for hydroxylation is 2. The first kappa shape index (κ1) is 14.3. The van der Waals surface area contributed by atoms with E-state index in [0.717, 1.165) is 5.69 Å². The van der Waals surface area contributed by atoms with Crippen LogP contribution in [0.15, 0.2) is 10.9 Å². The SMILES string of the molecule is CCN(CC)C(=O)Cn1c(C)nc2[nH]c(C)cc2c1=O. The Balaban J connectivity index is 2.44. The Hall–Kier alpha value is -2.11. The van der Waals surface area contributed by atoms with E-state index in [1.165, 1.54) is 4.57 Å². The fourth-order valence-corrected chi connectivity index (χ4v) is 2.34. The maximum Gasteiger partial charge on any atom is 0.263 e. The topological polar surface area (TPSA) is 71.0 Å². The van der Waals surface area contributed by atoms with Crippen molar-refractivity contribution in [2.45, 2.75) is 34.2 Å². The van der Waals surface area contributed by atoms with Gasteiger partial charge >= 0.3 is 0 Å². The number of carbonyl (C=O) groups is 1. The molecule has 0 saturated carbocycles. The quantitative estimate of drug-likeness (QED) is 0.912. The van der Waals surface area contributed by atoms with Crippen LogP contribution in [0.25, 0.3) is 11.0 Å². The van der Waals surface area contributed by atoms with Crippen molar-refractivity contribution in [3.05, 3.63) is 27.9 Å². The minimum absolute atomic E-state index is 0.0412. The third-order valence-corrected chi connectivity index (χ3v) is 3.48. The Morgan fingerprint density at radius 3 is 2.60 bits per heavy atom. The first-order chi connectivity index (χ1) is 9.47. The number of hydrogen-bond acceptors (Lipinski definition) is 3. The molecule has 20 heavy (non-hydrogen) atoms. The van der Waals surface area contributed by atoms with E-state index in [2.05, 4.69) is 9.97 Å². The lowest BCUT2D eigenvalue weighted by Gasteiger charge is -2.19. The van der Waals surface area contributed by atoms with Gasteiger partial charge in [0.1, 0.15) is 18.0 Å². The summed E-state index contributed by atoms with van der Waals surface area (Å²) in [5.74, 6) is 0.485. The van der Waals surface area contributed by atoms with Crippen LogP contribution >= 0.6 is 0 Å². The molecule has 108 valence electrons. The molecule has 1 N–H and O–H groups in total. The number of likely N-dealkylation sites (N-methyl/N-ethyl adjacent to an activating group) is 1. The zero-order valence-corrected chi connectivity index (χ0v) is 12.4. The molecule has 2 rings (SSSR count). The third-order valence-electron chi connectivity index (χ3n) is 3.48. The molecule has 0 bridgehead atoms. The molecule has 0 aliphatic heterocycles. The highest BCUT2D eigenvalue weighted by Crippen LogP contribution is 2.09. The highest BCUT2D eigenvalue weighted by molar-refractivity contribution is 5.78. The summed E-state index contributed by atoms with van der Waals surface area (Å²) in [5, 5.41) is 0.528. The smallest absolute Gasteiger partial charge is 0.263 e. The summed E-state index contributed by atoms with van der Waals surface area (Å²) in [6.07, 6.45) is 0. The van der Waals surface area contributed by atoms with E-state index in [9.17, 15) is 9.59 Å². The third kappa shape index (κ3) is 2.45. The monoisotopic (exact) mass is 276 g/mol. The predicted molar refractivity (Wildman–Crippen MR) is 77.8 cm³/mol. The number of amides is 1. The number of carbonyl (C=O) groups excluding carboxylic acids is 1. The van der Waals surface area contributed by atoms with Crippen LogP contribution in [0, 0.1) is 13.8 Å². The van der Waals surface area contributed by atoms with Gasteiger partial charge in [-0.2, -0.15) is 0 Å². The van der Waals surface area contributed by atoms with Gasteiger partial charge in [-0.1, -0.05) is 0 Å². The van der Waals surface area contributed by atoms with Gasteiger partial charge in [-0.25, -0.2) is 4.98 Å². The van der Waals surface area contributed by atoms with E-state index < -0.39 is 0 Å². The van der Waals surface area contributed by atoms with E-state index in [0.29, 0.717) is 29.9 Å².